The van der Waals surface area contributed by atoms with Crippen molar-refractivity contribution in [2.75, 3.05) is 26.7 Å². The van der Waals surface area contributed by atoms with Gasteiger partial charge in [0.25, 0.3) is 5.91 Å². The van der Waals surface area contributed by atoms with Gasteiger partial charge in [-0.1, -0.05) is 42.5 Å². The molecule has 0 bridgehead atoms. The van der Waals surface area contributed by atoms with E-state index in [1.807, 2.05) is 42.2 Å². The maximum absolute atomic E-state index is 14.1. The van der Waals surface area contributed by atoms with Gasteiger partial charge in [-0.2, -0.15) is 0 Å². The summed E-state index contributed by atoms with van der Waals surface area (Å²) < 4.78 is 19.7. The highest BCUT2D eigenvalue weighted by atomic mass is 19.1. The van der Waals surface area contributed by atoms with Gasteiger partial charge in [-0.25, -0.2) is 4.39 Å². The van der Waals surface area contributed by atoms with Crippen LogP contribution in [-0.4, -0.2) is 42.4 Å². The van der Waals surface area contributed by atoms with Crippen molar-refractivity contribution < 1.29 is 13.6 Å². The fraction of sp³-hybridized carbons (Fsp3) is 0.286. The zero-order valence-electron chi connectivity index (χ0n) is 14.9. The zero-order chi connectivity index (χ0) is 18.3. The van der Waals surface area contributed by atoms with Gasteiger partial charge in [-0.05, 0) is 25.6 Å². The van der Waals surface area contributed by atoms with Gasteiger partial charge in [0.1, 0.15) is 0 Å². The summed E-state index contributed by atoms with van der Waals surface area (Å²) in [7, 11) is 2.06. The van der Waals surface area contributed by atoms with Gasteiger partial charge in [0, 0.05) is 30.6 Å². The lowest BCUT2D eigenvalue weighted by Crippen LogP contribution is -2.49. The van der Waals surface area contributed by atoms with Crippen LogP contribution in [0.5, 0.6) is 0 Å². The van der Waals surface area contributed by atoms with E-state index in [0.717, 1.165) is 18.7 Å². The quantitative estimate of drug-likeness (QED) is 0.699. The molecule has 0 saturated carbocycles. The number of aryl methyl sites for hydroxylation is 1. The lowest BCUT2D eigenvalue weighted by atomic mass is 10.0. The first kappa shape index (κ1) is 16.8. The first-order valence-corrected chi connectivity index (χ1v) is 8.78. The van der Waals surface area contributed by atoms with Crippen molar-refractivity contribution in [2.24, 2.45) is 0 Å². The second kappa shape index (κ2) is 6.57. The molecule has 5 heteroatoms. The van der Waals surface area contributed by atoms with Crippen molar-refractivity contribution >= 4 is 16.9 Å². The van der Waals surface area contributed by atoms with Gasteiger partial charge in [0.05, 0.1) is 6.04 Å². The maximum Gasteiger partial charge on any atom is 0.290 e. The first-order chi connectivity index (χ1) is 12.6. The zero-order valence-corrected chi connectivity index (χ0v) is 14.9. The van der Waals surface area contributed by atoms with E-state index in [4.69, 9.17) is 4.42 Å². The average molecular weight is 352 g/mol. The van der Waals surface area contributed by atoms with Crippen LogP contribution in [0.4, 0.5) is 4.39 Å². The fourth-order valence-corrected chi connectivity index (χ4v) is 3.67. The lowest BCUT2D eigenvalue weighted by molar-refractivity contribution is 0.0469. The van der Waals surface area contributed by atoms with Crippen molar-refractivity contribution in [3.63, 3.8) is 0 Å². The first-order valence-electron chi connectivity index (χ1n) is 8.78. The maximum atomic E-state index is 14.1. The normalized spacial score (nSPS) is 18.4. The number of benzene rings is 2. The van der Waals surface area contributed by atoms with Crippen LogP contribution >= 0.6 is 0 Å². The minimum atomic E-state index is -0.442. The summed E-state index contributed by atoms with van der Waals surface area (Å²) in [5.74, 6) is -0.390. The van der Waals surface area contributed by atoms with E-state index in [9.17, 15) is 9.18 Å². The molecule has 26 heavy (non-hydrogen) atoms. The van der Waals surface area contributed by atoms with Gasteiger partial charge in [-0.15, -0.1) is 0 Å². The number of hydrogen-bond donors (Lipinski definition) is 0. The summed E-state index contributed by atoms with van der Waals surface area (Å²) in [6, 6.07) is 14.7. The van der Waals surface area contributed by atoms with E-state index in [0.29, 0.717) is 17.5 Å². The molecule has 4 rings (SSSR count). The molecule has 0 spiro atoms. The third-order valence-electron chi connectivity index (χ3n) is 5.14. The number of carbonyl (C=O) groups is 1. The number of rotatable bonds is 2. The van der Waals surface area contributed by atoms with E-state index in [1.54, 1.807) is 12.1 Å². The predicted octanol–water partition coefficient (Wildman–Crippen LogP) is 4.01. The molecular formula is C21H21FN2O2. The molecule has 1 aliphatic heterocycles. The predicted molar refractivity (Wildman–Crippen MR) is 98.6 cm³/mol. The fourth-order valence-electron chi connectivity index (χ4n) is 3.67. The van der Waals surface area contributed by atoms with E-state index in [2.05, 4.69) is 11.9 Å². The Morgan fingerprint density at radius 1 is 1.12 bits per heavy atom. The molecule has 1 amide bonds. The Bertz CT molecular complexity index is 951. The summed E-state index contributed by atoms with van der Waals surface area (Å²) in [5.41, 5.74) is 1.93. The standard InChI is InChI=1S/C21H21FN2O2/c1-14-16-9-6-10-17(22)20(16)26-19(14)21(25)24-12-11-23(2)13-18(24)15-7-4-3-5-8-15/h3-10,18H,11-13H2,1-2H3/t18-/m1/s1. The number of fused-ring (bicyclic) bond motifs is 1. The lowest BCUT2D eigenvalue weighted by Gasteiger charge is -2.40. The van der Waals surface area contributed by atoms with E-state index in [-0.39, 0.29) is 23.3 Å². The Labute approximate surface area is 151 Å². The molecule has 1 atom stereocenters. The summed E-state index contributed by atoms with van der Waals surface area (Å²) in [4.78, 5) is 17.3. The van der Waals surface area contributed by atoms with Gasteiger partial charge in [0.2, 0.25) is 0 Å². The van der Waals surface area contributed by atoms with E-state index >= 15 is 0 Å². The molecular weight excluding hydrogens is 331 g/mol. The highest BCUT2D eigenvalue weighted by molar-refractivity contribution is 5.99. The SMILES string of the molecule is Cc1c(C(=O)N2CCN(C)C[C@@H]2c2ccccc2)oc2c(F)cccc12. The number of hydrogen-bond acceptors (Lipinski definition) is 3. The second-order valence-corrected chi connectivity index (χ2v) is 6.86. The van der Waals surface area contributed by atoms with Crippen LogP contribution in [0.1, 0.15) is 27.7 Å². The molecule has 0 radical (unpaired) electrons. The molecule has 2 heterocycles. The molecule has 0 N–H and O–H groups in total. The highest BCUT2D eigenvalue weighted by Gasteiger charge is 2.33. The largest absolute Gasteiger partial charge is 0.448 e. The van der Waals surface area contributed by atoms with Crippen LogP contribution in [0.3, 0.4) is 0 Å². The van der Waals surface area contributed by atoms with Crippen molar-refractivity contribution in [2.45, 2.75) is 13.0 Å². The van der Waals surface area contributed by atoms with Crippen molar-refractivity contribution in [3.8, 4) is 0 Å². The molecule has 134 valence electrons. The molecule has 2 aromatic carbocycles. The van der Waals surface area contributed by atoms with E-state index < -0.39 is 5.82 Å². The number of furan rings is 1. The molecule has 1 saturated heterocycles. The van der Waals surface area contributed by atoms with Crippen LogP contribution in [0.15, 0.2) is 52.9 Å². The van der Waals surface area contributed by atoms with E-state index in [1.165, 1.54) is 6.07 Å². The number of para-hydroxylation sites is 1. The number of carbonyl (C=O) groups excluding carboxylic acids is 1. The Hall–Kier alpha value is -2.66. The third kappa shape index (κ3) is 2.78. The molecule has 0 unspecified atom stereocenters. The Balaban J connectivity index is 1.74. The van der Waals surface area contributed by atoms with Crippen LogP contribution in [0.25, 0.3) is 11.0 Å². The Kier molecular flexibility index (Phi) is 4.24. The number of nitrogens with zero attached hydrogens (tertiary/aromatic N) is 2. The topological polar surface area (TPSA) is 36.7 Å². The summed E-state index contributed by atoms with van der Waals surface area (Å²) in [5, 5.41) is 0.652. The van der Waals surface area contributed by atoms with Crippen molar-refractivity contribution in [1.82, 2.24) is 9.80 Å². The molecule has 4 nitrogen and oxygen atoms in total. The highest BCUT2D eigenvalue weighted by Crippen LogP contribution is 2.32. The Morgan fingerprint density at radius 3 is 2.62 bits per heavy atom. The van der Waals surface area contributed by atoms with Crippen LogP contribution in [0, 0.1) is 12.7 Å². The van der Waals surface area contributed by atoms with Gasteiger partial charge in [-0.3, -0.25) is 4.79 Å². The van der Waals surface area contributed by atoms with Gasteiger partial charge >= 0.3 is 0 Å². The van der Waals surface area contributed by atoms with Gasteiger partial charge in [0.15, 0.2) is 17.2 Å². The second-order valence-electron chi connectivity index (χ2n) is 6.86. The molecule has 1 fully saturated rings. The number of likely N-dealkylation sites (N-methyl/N-ethyl adjacent to an activating group) is 1. The summed E-state index contributed by atoms with van der Waals surface area (Å²) in [6.07, 6.45) is 0. The number of piperazine rings is 1. The number of halogens is 1. The average Bonchev–Trinajstić information content (AvgIpc) is 3.00. The summed E-state index contributed by atoms with van der Waals surface area (Å²) >= 11 is 0. The minimum Gasteiger partial charge on any atom is -0.448 e. The van der Waals surface area contributed by atoms with Crippen LogP contribution in [-0.2, 0) is 0 Å². The van der Waals surface area contributed by atoms with Crippen molar-refractivity contribution in [3.05, 3.63) is 71.2 Å². The number of amides is 1. The molecule has 0 aliphatic carbocycles. The monoisotopic (exact) mass is 352 g/mol. The van der Waals surface area contributed by atoms with Gasteiger partial charge < -0.3 is 14.2 Å². The van der Waals surface area contributed by atoms with Crippen LogP contribution in [0.2, 0.25) is 0 Å². The molecule has 1 aliphatic rings. The molecule has 3 aromatic rings. The molecule has 1 aromatic heterocycles. The van der Waals surface area contributed by atoms with Crippen LogP contribution < -0.4 is 0 Å². The smallest absolute Gasteiger partial charge is 0.290 e. The minimum absolute atomic E-state index is 0.0556. The van der Waals surface area contributed by atoms with Crippen molar-refractivity contribution in [1.29, 1.82) is 0 Å². The summed E-state index contributed by atoms with van der Waals surface area (Å²) in [6.45, 7) is 3.96. The Morgan fingerprint density at radius 2 is 1.88 bits per heavy atom. The third-order valence-corrected chi connectivity index (χ3v) is 5.14.